The Morgan fingerprint density at radius 3 is 2.69 bits per heavy atom. The Balaban J connectivity index is 1.45. The summed E-state index contributed by atoms with van der Waals surface area (Å²) in [7, 11) is 1.62. The van der Waals surface area contributed by atoms with Gasteiger partial charge in [0.15, 0.2) is 0 Å². The summed E-state index contributed by atoms with van der Waals surface area (Å²) in [6, 6.07) is 13.4. The van der Waals surface area contributed by atoms with Crippen LogP contribution in [0.5, 0.6) is 0 Å². The van der Waals surface area contributed by atoms with E-state index in [0.29, 0.717) is 17.1 Å². The molecule has 4 rings (SSSR count). The molecule has 0 unspecified atom stereocenters. The first-order valence-electron chi connectivity index (χ1n) is 9.99. The highest BCUT2D eigenvalue weighted by Crippen LogP contribution is 2.31. The Labute approximate surface area is 169 Å². The van der Waals surface area contributed by atoms with E-state index in [9.17, 15) is 9.59 Å². The summed E-state index contributed by atoms with van der Waals surface area (Å²) in [5, 5.41) is 11.4. The van der Waals surface area contributed by atoms with E-state index in [1.54, 1.807) is 19.2 Å². The van der Waals surface area contributed by atoms with E-state index < -0.39 is 0 Å². The number of nitrogens with zero attached hydrogens (tertiary/aromatic N) is 4. The van der Waals surface area contributed by atoms with Crippen LogP contribution in [0.3, 0.4) is 0 Å². The largest absolute Gasteiger partial charge is 0.332 e. The number of amides is 2. The van der Waals surface area contributed by atoms with Gasteiger partial charge in [-0.2, -0.15) is 0 Å². The number of benzene rings is 2. The van der Waals surface area contributed by atoms with Crippen LogP contribution in [0.15, 0.2) is 42.5 Å². The van der Waals surface area contributed by atoms with Gasteiger partial charge < -0.3 is 10.2 Å². The quantitative estimate of drug-likeness (QED) is 0.721. The number of rotatable bonds is 5. The van der Waals surface area contributed by atoms with Gasteiger partial charge in [-0.1, -0.05) is 36.3 Å². The van der Waals surface area contributed by atoms with Crippen molar-refractivity contribution in [3.05, 3.63) is 53.6 Å². The van der Waals surface area contributed by atoms with Gasteiger partial charge in [-0.25, -0.2) is 4.68 Å². The van der Waals surface area contributed by atoms with Crippen molar-refractivity contribution in [2.45, 2.75) is 38.6 Å². The van der Waals surface area contributed by atoms with Gasteiger partial charge in [0.05, 0.1) is 18.1 Å². The Morgan fingerprint density at radius 1 is 1.17 bits per heavy atom. The number of aromatic nitrogens is 3. The van der Waals surface area contributed by atoms with Crippen LogP contribution in [0.1, 0.15) is 47.6 Å². The predicted octanol–water partition coefficient (Wildman–Crippen LogP) is 3.57. The summed E-state index contributed by atoms with van der Waals surface area (Å²) in [4.78, 5) is 26.6. The maximum Gasteiger partial charge on any atom is 0.254 e. The van der Waals surface area contributed by atoms with Gasteiger partial charge in [0.25, 0.3) is 5.91 Å². The molecule has 0 aliphatic heterocycles. The molecule has 2 aromatic carbocycles. The lowest BCUT2D eigenvalue weighted by Gasteiger charge is -2.17. The number of hydrogen-bond donors (Lipinski definition) is 1. The standard InChI is InChI=1S/C22H25N5O2/c1-15-7-3-6-10-18(15)23-21(28)14-26(2)22(29)16-11-12-20-19(13-16)24-25-27(20)17-8-4-5-9-17/h3,6-7,10-13,17H,4-5,8-9,14H2,1-2H3,(H,23,28). The van der Waals surface area contributed by atoms with E-state index in [1.165, 1.54) is 17.7 Å². The number of carbonyl (C=O) groups is 2. The number of fused-ring (bicyclic) bond motifs is 1. The zero-order valence-corrected chi connectivity index (χ0v) is 16.8. The third kappa shape index (κ3) is 3.99. The molecule has 3 aromatic rings. The van der Waals surface area contributed by atoms with Crippen LogP contribution < -0.4 is 5.32 Å². The maximum absolute atomic E-state index is 12.8. The summed E-state index contributed by atoms with van der Waals surface area (Å²) in [6.45, 7) is 1.90. The zero-order chi connectivity index (χ0) is 20.4. The number of nitrogens with one attached hydrogen (secondary N) is 1. The van der Waals surface area contributed by atoms with Crippen molar-refractivity contribution in [2.75, 3.05) is 18.9 Å². The molecule has 2 amide bonds. The van der Waals surface area contributed by atoms with Crippen molar-refractivity contribution in [3.63, 3.8) is 0 Å². The first kappa shape index (κ1) is 19.1. The molecule has 1 aromatic heterocycles. The van der Waals surface area contributed by atoms with Crippen LogP contribution in [-0.2, 0) is 4.79 Å². The zero-order valence-electron chi connectivity index (χ0n) is 16.8. The molecule has 1 saturated carbocycles. The van der Waals surface area contributed by atoms with Gasteiger partial charge in [0.1, 0.15) is 5.52 Å². The van der Waals surface area contributed by atoms with E-state index in [1.807, 2.05) is 41.9 Å². The molecule has 29 heavy (non-hydrogen) atoms. The Kier molecular flexibility index (Phi) is 5.29. The average molecular weight is 391 g/mol. The second kappa shape index (κ2) is 8.03. The number of hydrogen-bond acceptors (Lipinski definition) is 4. The lowest BCUT2D eigenvalue weighted by atomic mass is 10.1. The molecule has 0 atom stereocenters. The van der Waals surface area contributed by atoms with Crippen molar-refractivity contribution in [1.29, 1.82) is 0 Å². The highest BCUT2D eigenvalue weighted by molar-refractivity contribution is 6.01. The van der Waals surface area contributed by atoms with E-state index in [2.05, 4.69) is 15.6 Å². The van der Waals surface area contributed by atoms with Crippen LogP contribution in [0.2, 0.25) is 0 Å². The second-order valence-corrected chi connectivity index (χ2v) is 7.70. The topological polar surface area (TPSA) is 80.1 Å². The highest BCUT2D eigenvalue weighted by Gasteiger charge is 2.21. The van der Waals surface area contributed by atoms with Crippen LogP contribution >= 0.6 is 0 Å². The molecule has 0 saturated heterocycles. The molecule has 1 aliphatic carbocycles. The fourth-order valence-corrected chi connectivity index (χ4v) is 3.90. The normalized spacial score (nSPS) is 14.3. The fraction of sp³-hybridized carbons (Fsp3) is 0.364. The van der Waals surface area contributed by atoms with Gasteiger partial charge in [0, 0.05) is 18.3 Å². The molecule has 0 bridgehead atoms. The van der Waals surface area contributed by atoms with Crippen molar-refractivity contribution in [1.82, 2.24) is 19.9 Å². The fourth-order valence-electron chi connectivity index (χ4n) is 3.90. The number of anilines is 1. The molecule has 7 nitrogen and oxygen atoms in total. The molecule has 0 spiro atoms. The average Bonchev–Trinajstić information content (AvgIpc) is 3.37. The molecule has 150 valence electrons. The molecule has 1 fully saturated rings. The Morgan fingerprint density at radius 2 is 1.93 bits per heavy atom. The minimum absolute atomic E-state index is 0.0278. The van der Waals surface area contributed by atoms with Crippen molar-refractivity contribution in [3.8, 4) is 0 Å². The molecule has 1 aliphatic rings. The lowest BCUT2D eigenvalue weighted by molar-refractivity contribution is -0.116. The highest BCUT2D eigenvalue weighted by atomic mass is 16.2. The van der Waals surface area contributed by atoms with Crippen molar-refractivity contribution in [2.24, 2.45) is 0 Å². The first-order valence-corrected chi connectivity index (χ1v) is 9.99. The van der Waals surface area contributed by atoms with E-state index in [-0.39, 0.29) is 18.4 Å². The first-order chi connectivity index (χ1) is 14.0. The summed E-state index contributed by atoms with van der Waals surface area (Å²) < 4.78 is 1.98. The smallest absolute Gasteiger partial charge is 0.254 e. The van der Waals surface area contributed by atoms with E-state index >= 15 is 0 Å². The molecule has 7 heteroatoms. The minimum Gasteiger partial charge on any atom is -0.332 e. The van der Waals surface area contributed by atoms with Crippen LogP contribution in [0.4, 0.5) is 5.69 Å². The van der Waals surface area contributed by atoms with Crippen LogP contribution in [-0.4, -0.2) is 45.3 Å². The second-order valence-electron chi connectivity index (χ2n) is 7.70. The van der Waals surface area contributed by atoms with Crippen LogP contribution in [0, 0.1) is 6.92 Å². The third-order valence-corrected chi connectivity index (χ3v) is 5.54. The SMILES string of the molecule is Cc1ccccc1NC(=O)CN(C)C(=O)c1ccc2c(c1)nnn2C1CCCC1. The molecule has 1 N–H and O–H groups in total. The van der Waals surface area contributed by atoms with Gasteiger partial charge >= 0.3 is 0 Å². The van der Waals surface area contributed by atoms with Gasteiger partial charge in [-0.3, -0.25) is 9.59 Å². The molecule has 0 radical (unpaired) electrons. The summed E-state index contributed by atoms with van der Waals surface area (Å²) in [5.74, 6) is -0.453. The van der Waals surface area contributed by atoms with E-state index in [0.717, 1.165) is 29.6 Å². The number of likely N-dealkylation sites (N-methyl/N-ethyl adjacent to an activating group) is 1. The van der Waals surface area contributed by atoms with Gasteiger partial charge in [0.2, 0.25) is 5.91 Å². The summed E-state index contributed by atoms with van der Waals surface area (Å²) >= 11 is 0. The third-order valence-electron chi connectivity index (χ3n) is 5.54. The monoisotopic (exact) mass is 391 g/mol. The molecule has 1 heterocycles. The summed E-state index contributed by atoms with van der Waals surface area (Å²) in [6.07, 6.45) is 4.69. The maximum atomic E-state index is 12.8. The van der Waals surface area contributed by atoms with E-state index in [4.69, 9.17) is 0 Å². The van der Waals surface area contributed by atoms with Crippen LogP contribution in [0.25, 0.3) is 11.0 Å². The summed E-state index contributed by atoms with van der Waals surface area (Å²) in [5.41, 5.74) is 3.89. The minimum atomic E-state index is -0.233. The Bertz CT molecular complexity index is 1050. The van der Waals surface area contributed by atoms with Crippen molar-refractivity contribution < 1.29 is 9.59 Å². The lowest BCUT2D eigenvalue weighted by Crippen LogP contribution is -2.35. The van der Waals surface area contributed by atoms with Crippen molar-refractivity contribution >= 4 is 28.5 Å². The van der Waals surface area contributed by atoms with Gasteiger partial charge in [-0.15, -0.1) is 5.10 Å². The Hall–Kier alpha value is -3.22. The predicted molar refractivity (Wildman–Crippen MR) is 112 cm³/mol. The number of para-hydroxylation sites is 1. The molecular weight excluding hydrogens is 366 g/mol. The van der Waals surface area contributed by atoms with Gasteiger partial charge in [-0.05, 0) is 49.6 Å². The molecular formula is C22H25N5O2. The number of aryl methyl sites for hydroxylation is 1. The number of carbonyl (C=O) groups excluding carboxylic acids is 2.